The molecule has 55 nitrogen and oxygen atoms in total. The molecule has 9 aromatic rings. The number of hydrogen-bond acceptors (Lipinski definition) is 43. The van der Waals surface area contributed by atoms with Crippen molar-refractivity contribution in [1.29, 1.82) is 0 Å². The van der Waals surface area contributed by atoms with Gasteiger partial charge >= 0.3 is 45.2 Å². The molecule has 109 heavy (non-hydrogen) atoms. The largest absolute Gasteiger partial charge is 0.694 e. The monoisotopic (exact) mass is 1640 g/mol. The molecule has 0 aromatic carbocycles. The highest BCUT2D eigenvalue weighted by atomic mass is 31.2. The quantitative estimate of drug-likeness (QED) is 0.0203. The lowest BCUT2D eigenvalue weighted by Gasteiger charge is -2.27. The van der Waals surface area contributed by atoms with Gasteiger partial charge in [0.2, 0.25) is 5.95 Å². The second kappa shape index (κ2) is 30.2. The van der Waals surface area contributed by atoms with Crippen LogP contribution >= 0.6 is 39.5 Å². The highest BCUT2D eigenvalue weighted by Crippen LogP contribution is 2.56. The molecule has 14 rings (SSSR count). The fourth-order valence-electron chi connectivity index (χ4n) is 12.4. The summed E-state index contributed by atoms with van der Waals surface area (Å²) in [7, 11) is -26.4. The number of nitrogens with one attached hydrogen (secondary N) is 2. The minimum Gasteiger partial charge on any atom is -0.387 e. The number of anilines is 4. The van der Waals surface area contributed by atoms with Crippen molar-refractivity contribution in [2.75, 3.05) is 56.0 Å². The number of nitrogens with two attached hydrogens (primary N) is 4. The Labute approximate surface area is 602 Å². The molecule has 0 aliphatic carbocycles. The molecule has 5 unspecified atom stereocenters. The van der Waals surface area contributed by atoms with Crippen LogP contribution in [-0.4, -0.2) is 267 Å². The minimum absolute atomic E-state index is 0.00748. The zero-order valence-electron chi connectivity index (χ0n) is 54.4. The normalized spacial score (nSPS) is 31.8. The Morgan fingerprint density at radius 3 is 1.14 bits per heavy atom. The van der Waals surface area contributed by atoms with E-state index in [2.05, 4.69) is 59.8 Å². The number of hydrogen-bond donors (Lipinski definition) is 17. The fraction of sp³-hybridized carbons (Fsp3) is 0.510. The van der Waals surface area contributed by atoms with Gasteiger partial charge in [-0.15, -0.1) is 9.42 Å². The number of ether oxygens (including phenoxy) is 5. The number of nitrogens with zero attached hydrogens (tertiary/aromatic N) is 16. The smallest absolute Gasteiger partial charge is 0.387 e. The Morgan fingerprint density at radius 2 is 0.761 bits per heavy atom. The molecule has 5 aliphatic rings. The second-order valence-corrected chi connectivity index (χ2v) is 30.5. The fourth-order valence-corrected chi connectivity index (χ4v) is 16.6. The number of phosphoric ester groups is 4. The Hall–Kier alpha value is -8.10. The molecule has 9 aromatic heterocycles. The van der Waals surface area contributed by atoms with E-state index in [4.69, 9.17) is 87.3 Å². The van der Waals surface area contributed by atoms with Crippen molar-refractivity contribution >= 4 is 108 Å². The first-order valence-corrected chi connectivity index (χ1v) is 38.4. The van der Waals surface area contributed by atoms with Crippen molar-refractivity contribution in [3.8, 4) is 0 Å². The topological polar surface area (TPSA) is 790 Å². The van der Waals surface area contributed by atoms with Gasteiger partial charge < -0.3 is 96.8 Å². The molecular weight excluding hydrogens is 1580 g/mol. The van der Waals surface area contributed by atoms with Gasteiger partial charge in [0.05, 0.1) is 51.7 Å². The number of imidazole rings is 4. The number of nitrogen functional groups attached to an aromatic ring is 4. The SMILES string of the molecule is Nc1nc2c(ncn2[C@@H]2O[C@H](COP(=O)(O)O[C@H]3[C@@H](O)[C@H](n4ccc(=O)[nH]c4=O)O[C@@H]3COP(=O)(O)O[C@H]3[C@@H](O)[C@H](n4cnc5c(N)ncnc54)O[C@@H]3COP(=O)(O)O[C@H]3[C@@H](O)[C@H](n4cnc5c(N)ncnc54)O[C@@H]3COP(=O)(O)O[C@H]3[C@@H](O)[C@H](n4cnc5c(N)ncnc54)O[C@@H]3CO[P+](=O)O)[C@@H](O)[C@H]2O)c(=O)[nH]1. The van der Waals surface area contributed by atoms with Crippen LogP contribution in [0, 0.1) is 0 Å². The molecule has 5 fully saturated rings. The summed E-state index contributed by atoms with van der Waals surface area (Å²) in [4.78, 5) is 141. The van der Waals surface area contributed by atoms with Crippen molar-refractivity contribution in [2.24, 2.45) is 0 Å². The summed E-state index contributed by atoms with van der Waals surface area (Å²) < 4.78 is 150. The summed E-state index contributed by atoms with van der Waals surface area (Å²) in [6, 6.07) is 0.802. The lowest BCUT2D eigenvalue weighted by Crippen LogP contribution is -2.39. The third-order valence-electron chi connectivity index (χ3n) is 17.4. The second-order valence-electron chi connectivity index (χ2n) is 24.2. The molecule has 5 aliphatic heterocycles. The van der Waals surface area contributed by atoms with E-state index < -0.39 is 212 Å². The van der Waals surface area contributed by atoms with Crippen molar-refractivity contribution in [3.63, 3.8) is 0 Å². The van der Waals surface area contributed by atoms with E-state index in [9.17, 15) is 92.3 Å². The molecule has 21 N–H and O–H groups in total. The van der Waals surface area contributed by atoms with Crippen molar-refractivity contribution in [1.82, 2.24) is 87.6 Å². The van der Waals surface area contributed by atoms with Crippen LogP contribution in [0.2, 0.25) is 0 Å². The van der Waals surface area contributed by atoms with Crippen LogP contribution in [0.4, 0.5) is 23.4 Å². The summed E-state index contributed by atoms with van der Waals surface area (Å²) in [6.45, 7) is -5.90. The van der Waals surface area contributed by atoms with Gasteiger partial charge in [-0.2, -0.15) is 4.98 Å². The van der Waals surface area contributed by atoms with E-state index in [1.165, 1.54) is 0 Å². The average Bonchev–Trinajstić information content (AvgIpc) is 1.63. The summed E-state index contributed by atoms with van der Waals surface area (Å²) >= 11 is 0. The maximum atomic E-state index is 14.4. The molecule has 14 heterocycles. The third kappa shape index (κ3) is 15.6. The van der Waals surface area contributed by atoms with Crippen molar-refractivity contribution < 1.29 is 142 Å². The molecule has 25 atom stereocenters. The molecule has 0 amide bonds. The predicted molar refractivity (Wildman–Crippen MR) is 347 cm³/mol. The zero-order valence-corrected chi connectivity index (χ0v) is 58.9. The average molecular weight is 1640 g/mol. The highest BCUT2D eigenvalue weighted by Gasteiger charge is 2.57. The lowest BCUT2D eigenvalue weighted by molar-refractivity contribution is -0.0650. The first-order chi connectivity index (χ1) is 51.6. The van der Waals surface area contributed by atoms with Crippen LogP contribution in [0.15, 0.2) is 70.9 Å². The summed E-state index contributed by atoms with van der Waals surface area (Å²) in [5.74, 6) is -0.810. The highest BCUT2D eigenvalue weighted by molar-refractivity contribution is 7.48. The number of aromatic amines is 2. The number of rotatable bonds is 28. The lowest BCUT2D eigenvalue weighted by atomic mass is 10.1. The molecule has 0 saturated carbocycles. The van der Waals surface area contributed by atoms with Crippen LogP contribution in [0.1, 0.15) is 31.1 Å². The number of aliphatic hydroxyl groups is 6. The van der Waals surface area contributed by atoms with Gasteiger partial charge in [0.1, 0.15) is 134 Å². The van der Waals surface area contributed by atoms with Gasteiger partial charge in [-0.1, -0.05) is 0 Å². The zero-order chi connectivity index (χ0) is 77.7. The van der Waals surface area contributed by atoms with E-state index in [0.717, 1.165) is 74.8 Å². The van der Waals surface area contributed by atoms with Gasteiger partial charge in [0, 0.05) is 16.8 Å². The van der Waals surface area contributed by atoms with Gasteiger partial charge in [0.25, 0.3) is 11.1 Å². The van der Waals surface area contributed by atoms with E-state index in [1.54, 1.807) is 0 Å². The van der Waals surface area contributed by atoms with E-state index >= 15 is 0 Å². The van der Waals surface area contributed by atoms with Crippen molar-refractivity contribution in [2.45, 2.75) is 123 Å². The van der Waals surface area contributed by atoms with Gasteiger partial charge in [-0.3, -0.25) is 78.6 Å². The van der Waals surface area contributed by atoms with Crippen molar-refractivity contribution in [3.05, 3.63) is 87.7 Å². The van der Waals surface area contributed by atoms with Gasteiger partial charge in [0.15, 0.2) is 76.7 Å². The predicted octanol–water partition coefficient (Wildman–Crippen LogP) is -6.15. The summed E-state index contributed by atoms with van der Waals surface area (Å²) in [5, 5.41) is 69.2. The Morgan fingerprint density at radius 1 is 0.431 bits per heavy atom. The number of aliphatic hydroxyl groups excluding tert-OH is 6. The number of phosphoric acid groups is 4. The first-order valence-electron chi connectivity index (χ1n) is 31.2. The van der Waals surface area contributed by atoms with E-state index in [1.807, 2.05) is 4.98 Å². The van der Waals surface area contributed by atoms with E-state index in [0.29, 0.717) is 4.57 Å². The van der Waals surface area contributed by atoms with Gasteiger partial charge in [-0.25, -0.2) is 72.9 Å². The van der Waals surface area contributed by atoms with E-state index in [-0.39, 0.29) is 68.1 Å². The van der Waals surface area contributed by atoms with Crippen LogP contribution < -0.4 is 39.7 Å². The van der Waals surface area contributed by atoms with Crippen LogP contribution in [0.25, 0.3) is 44.7 Å². The van der Waals surface area contributed by atoms with Gasteiger partial charge in [-0.05, 0) is 0 Å². The number of H-pyrrole nitrogens is 2. The molecule has 0 spiro atoms. The summed E-state index contributed by atoms with van der Waals surface area (Å²) in [6.07, 6.45) is -31.4. The van der Waals surface area contributed by atoms with Crippen LogP contribution in [0.3, 0.4) is 0 Å². The maximum Gasteiger partial charge on any atom is 0.694 e. The molecular formula is C49H60N22O33P5+. The summed E-state index contributed by atoms with van der Waals surface area (Å²) in [5.41, 5.74) is 19.9. The Kier molecular flexibility index (Phi) is 21.5. The number of aromatic nitrogens is 18. The molecule has 60 heteroatoms. The standard InChI is InChI=1S/C49H59N22O33P5/c50-35-21-38(57-8-54-35)68(11-60-21)45-28(76)31(16(97-45)3-91-105(81)82)101-107(85,86)94-6-18-33(29(77)46(99-18)69-12-61-22-36(51)55-9-58-39(22)69)104-109(89,90)95-7-19-34(30(78)47(100-19)70-13-62-23-37(52)56-10-59-40(23)70)103-108(87,88)93-5-17-32(27(75)44(98-17)67-2-1-20(72)64-49(67)80)102-106(83,84)92-4-15-25(73)26(74)43(96-15)71-14-63-24-41(71)65-48(53)66-42(24)79/h1-2,8-19,25-34,43-47,73-78H,3-7H2,(H14-,50,51,52,53,54,55,56,57,58,59,64,65,66,72,79,80,81,82,83,84,85,86,87,88,89,90)/p+1/t15-,16-,17-,18-,19-,25-,26-,27-,28-,29-,30-,31-,32-,33-,34-,43-,44-,45-,46-,47-/m1/s1. The maximum absolute atomic E-state index is 14.4. The number of fused-ring (bicyclic) bond motifs is 4. The minimum atomic E-state index is -5.88. The Balaban J connectivity index is 0.690. The molecule has 5 saturated heterocycles. The van der Waals surface area contributed by atoms with Crippen LogP contribution in [-0.2, 0) is 87.2 Å². The van der Waals surface area contributed by atoms with Crippen LogP contribution in [0.5, 0.6) is 0 Å². The molecule has 588 valence electrons. The first kappa shape index (κ1) is 77.6. The third-order valence-corrected chi connectivity index (χ3v) is 21.7. The Bertz CT molecular complexity index is 5330. The molecule has 0 bridgehead atoms. The molecule has 0 radical (unpaired) electrons.